The Kier molecular flexibility index (Phi) is 3.13. The lowest BCUT2D eigenvalue weighted by Gasteiger charge is -2.01. The van der Waals surface area contributed by atoms with Gasteiger partial charge in [0.05, 0.1) is 11.2 Å². The van der Waals surface area contributed by atoms with Gasteiger partial charge >= 0.3 is 0 Å². The summed E-state index contributed by atoms with van der Waals surface area (Å²) in [5.74, 6) is 0. The standard InChI is InChI=1S/C9H11N3S2/c10-8-1-2-14-9(8)4-11-3-7-5-13-6-12-7/h1-2,5-6,11H,3-4,10H2. The van der Waals surface area contributed by atoms with E-state index in [2.05, 4.69) is 10.3 Å². The van der Waals surface area contributed by atoms with Crippen LogP contribution in [0.2, 0.25) is 0 Å². The number of nitrogen functional groups attached to an aromatic ring is 1. The van der Waals surface area contributed by atoms with Gasteiger partial charge in [-0.15, -0.1) is 22.7 Å². The van der Waals surface area contributed by atoms with Crippen LogP contribution in [0.5, 0.6) is 0 Å². The van der Waals surface area contributed by atoms with Crippen molar-refractivity contribution in [2.24, 2.45) is 0 Å². The first-order valence-corrected chi connectivity index (χ1v) is 6.08. The normalized spacial score (nSPS) is 10.6. The zero-order valence-corrected chi connectivity index (χ0v) is 9.20. The maximum absolute atomic E-state index is 5.76. The third-order valence-electron chi connectivity index (χ3n) is 1.86. The van der Waals surface area contributed by atoms with Crippen LogP contribution in [0.1, 0.15) is 10.6 Å². The van der Waals surface area contributed by atoms with Crippen molar-refractivity contribution in [3.8, 4) is 0 Å². The van der Waals surface area contributed by atoms with Gasteiger partial charge in [0, 0.05) is 29.0 Å². The fourth-order valence-corrected chi connectivity index (χ4v) is 2.45. The molecule has 0 spiro atoms. The predicted molar refractivity (Wildman–Crippen MR) is 61.4 cm³/mol. The molecular formula is C9H11N3S2. The molecule has 0 aliphatic rings. The summed E-state index contributed by atoms with van der Waals surface area (Å²) < 4.78 is 0. The summed E-state index contributed by atoms with van der Waals surface area (Å²) in [5.41, 5.74) is 9.56. The summed E-state index contributed by atoms with van der Waals surface area (Å²) in [6.45, 7) is 1.63. The largest absolute Gasteiger partial charge is 0.398 e. The monoisotopic (exact) mass is 225 g/mol. The van der Waals surface area contributed by atoms with Crippen LogP contribution in [0.3, 0.4) is 0 Å². The van der Waals surface area contributed by atoms with E-state index in [0.29, 0.717) is 0 Å². The first-order valence-electron chi connectivity index (χ1n) is 4.26. The van der Waals surface area contributed by atoms with E-state index in [1.165, 1.54) is 4.88 Å². The SMILES string of the molecule is Nc1ccsc1CNCc1cscn1. The van der Waals surface area contributed by atoms with Crippen molar-refractivity contribution in [3.05, 3.63) is 32.9 Å². The number of rotatable bonds is 4. The van der Waals surface area contributed by atoms with Gasteiger partial charge in [0.25, 0.3) is 0 Å². The number of hydrogen-bond acceptors (Lipinski definition) is 5. The van der Waals surface area contributed by atoms with Gasteiger partial charge in [0.15, 0.2) is 0 Å². The van der Waals surface area contributed by atoms with E-state index in [-0.39, 0.29) is 0 Å². The second-order valence-electron chi connectivity index (χ2n) is 2.88. The molecule has 2 aromatic rings. The van der Waals surface area contributed by atoms with Crippen LogP contribution in [0.25, 0.3) is 0 Å². The highest BCUT2D eigenvalue weighted by atomic mass is 32.1. The highest BCUT2D eigenvalue weighted by Gasteiger charge is 2.00. The number of thiazole rings is 1. The fourth-order valence-electron chi connectivity index (χ4n) is 1.12. The van der Waals surface area contributed by atoms with Crippen LogP contribution >= 0.6 is 22.7 Å². The molecule has 0 radical (unpaired) electrons. The van der Waals surface area contributed by atoms with Gasteiger partial charge in [0.1, 0.15) is 0 Å². The van der Waals surface area contributed by atoms with E-state index in [4.69, 9.17) is 5.73 Å². The molecule has 5 heteroatoms. The Morgan fingerprint density at radius 2 is 2.36 bits per heavy atom. The Labute approximate surface area is 90.6 Å². The minimum Gasteiger partial charge on any atom is -0.398 e. The molecule has 0 aliphatic carbocycles. The van der Waals surface area contributed by atoms with Crippen molar-refractivity contribution in [3.63, 3.8) is 0 Å². The minimum atomic E-state index is 0.806. The molecule has 0 saturated carbocycles. The van der Waals surface area contributed by atoms with Crippen LogP contribution in [0.4, 0.5) is 5.69 Å². The minimum absolute atomic E-state index is 0.806. The molecule has 2 rings (SSSR count). The molecule has 0 amide bonds. The predicted octanol–water partition coefficient (Wildman–Crippen LogP) is 2.08. The molecule has 0 unspecified atom stereocenters. The number of aromatic nitrogens is 1. The molecule has 0 saturated heterocycles. The molecule has 2 aromatic heterocycles. The van der Waals surface area contributed by atoms with Crippen molar-refractivity contribution in [1.82, 2.24) is 10.3 Å². The summed E-state index contributed by atoms with van der Waals surface area (Å²) in [4.78, 5) is 5.38. The third-order valence-corrected chi connectivity index (χ3v) is 3.43. The lowest BCUT2D eigenvalue weighted by atomic mass is 10.4. The molecular weight excluding hydrogens is 214 g/mol. The van der Waals surface area contributed by atoms with Crippen molar-refractivity contribution >= 4 is 28.4 Å². The Bertz CT molecular complexity index is 380. The number of hydrogen-bond donors (Lipinski definition) is 2. The molecule has 3 nitrogen and oxygen atoms in total. The lowest BCUT2D eigenvalue weighted by molar-refractivity contribution is 0.690. The van der Waals surface area contributed by atoms with Crippen LogP contribution in [-0.4, -0.2) is 4.98 Å². The second kappa shape index (κ2) is 4.54. The first kappa shape index (κ1) is 9.64. The summed E-state index contributed by atoms with van der Waals surface area (Å²) in [7, 11) is 0. The summed E-state index contributed by atoms with van der Waals surface area (Å²) in [6, 6.07) is 1.94. The molecule has 0 atom stereocenters. The van der Waals surface area contributed by atoms with Crippen LogP contribution in [0.15, 0.2) is 22.3 Å². The Morgan fingerprint density at radius 1 is 1.43 bits per heavy atom. The van der Waals surface area contributed by atoms with Crippen LogP contribution < -0.4 is 11.1 Å². The van der Waals surface area contributed by atoms with Crippen molar-refractivity contribution in [2.75, 3.05) is 5.73 Å². The van der Waals surface area contributed by atoms with Gasteiger partial charge in [0.2, 0.25) is 0 Å². The number of thiophene rings is 1. The maximum atomic E-state index is 5.76. The Balaban J connectivity index is 1.81. The van der Waals surface area contributed by atoms with E-state index in [9.17, 15) is 0 Å². The average molecular weight is 225 g/mol. The van der Waals surface area contributed by atoms with Gasteiger partial charge < -0.3 is 11.1 Å². The molecule has 14 heavy (non-hydrogen) atoms. The Hall–Kier alpha value is -0.910. The fraction of sp³-hybridized carbons (Fsp3) is 0.222. The molecule has 0 bridgehead atoms. The highest BCUT2D eigenvalue weighted by molar-refractivity contribution is 7.10. The molecule has 0 aromatic carbocycles. The number of nitrogens with one attached hydrogen (secondary N) is 1. The van der Waals surface area contributed by atoms with Crippen molar-refractivity contribution < 1.29 is 0 Å². The number of nitrogens with zero attached hydrogens (tertiary/aromatic N) is 1. The van der Waals surface area contributed by atoms with E-state index in [1.807, 2.05) is 22.3 Å². The van der Waals surface area contributed by atoms with E-state index in [1.54, 1.807) is 22.7 Å². The van der Waals surface area contributed by atoms with Gasteiger partial charge in [-0.25, -0.2) is 4.98 Å². The zero-order chi connectivity index (χ0) is 9.80. The van der Waals surface area contributed by atoms with E-state index >= 15 is 0 Å². The third kappa shape index (κ3) is 2.31. The van der Waals surface area contributed by atoms with Gasteiger partial charge in [-0.3, -0.25) is 0 Å². The topological polar surface area (TPSA) is 50.9 Å². The zero-order valence-electron chi connectivity index (χ0n) is 7.56. The lowest BCUT2D eigenvalue weighted by Crippen LogP contribution is -2.12. The van der Waals surface area contributed by atoms with Crippen LogP contribution in [0, 0.1) is 0 Å². The summed E-state index contributed by atoms with van der Waals surface area (Å²) in [6.07, 6.45) is 0. The average Bonchev–Trinajstić information content (AvgIpc) is 2.78. The Morgan fingerprint density at radius 3 is 3.00 bits per heavy atom. The molecule has 0 aliphatic heterocycles. The first-order chi connectivity index (χ1) is 6.86. The van der Waals surface area contributed by atoms with Gasteiger partial charge in [-0.1, -0.05) is 0 Å². The van der Waals surface area contributed by atoms with Crippen molar-refractivity contribution in [2.45, 2.75) is 13.1 Å². The van der Waals surface area contributed by atoms with Gasteiger partial charge in [-0.05, 0) is 11.4 Å². The highest BCUT2D eigenvalue weighted by Crippen LogP contribution is 2.18. The van der Waals surface area contributed by atoms with Gasteiger partial charge in [-0.2, -0.15) is 0 Å². The molecule has 3 N–H and O–H groups in total. The van der Waals surface area contributed by atoms with E-state index in [0.717, 1.165) is 24.5 Å². The second-order valence-corrected chi connectivity index (χ2v) is 4.60. The molecule has 2 heterocycles. The smallest absolute Gasteiger partial charge is 0.0795 e. The quantitative estimate of drug-likeness (QED) is 0.837. The molecule has 74 valence electrons. The summed E-state index contributed by atoms with van der Waals surface area (Å²) in [5, 5.41) is 7.36. The number of nitrogens with two attached hydrogens (primary N) is 1. The van der Waals surface area contributed by atoms with Crippen LogP contribution in [-0.2, 0) is 13.1 Å². The maximum Gasteiger partial charge on any atom is 0.0795 e. The molecule has 0 fully saturated rings. The van der Waals surface area contributed by atoms with E-state index < -0.39 is 0 Å². The van der Waals surface area contributed by atoms with Crippen molar-refractivity contribution in [1.29, 1.82) is 0 Å². The number of anilines is 1. The summed E-state index contributed by atoms with van der Waals surface area (Å²) >= 11 is 3.30.